The summed E-state index contributed by atoms with van der Waals surface area (Å²) in [6.07, 6.45) is 3.87. The average Bonchev–Trinajstić information content (AvgIpc) is 2.48. The van der Waals surface area contributed by atoms with Gasteiger partial charge in [0.1, 0.15) is 0 Å². The van der Waals surface area contributed by atoms with Gasteiger partial charge in [-0.1, -0.05) is 17.7 Å². The summed E-state index contributed by atoms with van der Waals surface area (Å²) >= 11 is 5.80. The number of hydrogen-bond acceptors (Lipinski definition) is 3. The third-order valence-electron chi connectivity index (χ3n) is 2.74. The van der Waals surface area contributed by atoms with Crippen LogP contribution in [0.1, 0.15) is 12.0 Å². The summed E-state index contributed by atoms with van der Waals surface area (Å²) in [5, 5.41) is 6.72. The fraction of sp³-hybridized carbons (Fsp3) is 0.200. The number of benzene rings is 1. The Morgan fingerprint density at radius 1 is 1.20 bits per heavy atom. The van der Waals surface area contributed by atoms with Crippen molar-refractivity contribution in [2.24, 2.45) is 0 Å². The first-order chi connectivity index (χ1) is 9.74. The third-order valence-corrected chi connectivity index (χ3v) is 2.99. The number of carbonyl (C=O) groups is 1. The normalized spacial score (nSPS) is 10.1. The van der Waals surface area contributed by atoms with Crippen LogP contribution in [0.25, 0.3) is 0 Å². The van der Waals surface area contributed by atoms with Crippen molar-refractivity contribution in [3.05, 3.63) is 59.4 Å². The number of nitrogens with zero attached hydrogens (tertiary/aromatic N) is 1. The highest BCUT2D eigenvalue weighted by atomic mass is 35.5. The fourth-order valence-electron chi connectivity index (χ4n) is 1.68. The Hall–Kier alpha value is -2.07. The number of hydrogen-bond donors (Lipinski definition) is 2. The molecule has 4 nitrogen and oxygen atoms in total. The van der Waals surface area contributed by atoms with E-state index in [-0.39, 0.29) is 5.91 Å². The van der Waals surface area contributed by atoms with Crippen LogP contribution in [0.3, 0.4) is 0 Å². The van der Waals surface area contributed by atoms with Crippen molar-refractivity contribution in [1.29, 1.82) is 0 Å². The van der Waals surface area contributed by atoms with Crippen LogP contribution in [0.5, 0.6) is 0 Å². The van der Waals surface area contributed by atoms with Crippen LogP contribution in [0, 0.1) is 0 Å². The molecule has 1 aromatic carbocycles. The van der Waals surface area contributed by atoms with Crippen LogP contribution in [0.4, 0.5) is 5.69 Å². The topological polar surface area (TPSA) is 54.0 Å². The number of amides is 1. The largest absolute Gasteiger partial charge is 0.385 e. The van der Waals surface area contributed by atoms with Crippen molar-refractivity contribution < 1.29 is 4.79 Å². The lowest BCUT2D eigenvalue weighted by molar-refractivity contribution is -0.121. The maximum atomic E-state index is 11.7. The Morgan fingerprint density at radius 2 is 2.00 bits per heavy atom. The maximum Gasteiger partial charge on any atom is 0.222 e. The molecule has 0 unspecified atom stereocenters. The lowest BCUT2D eigenvalue weighted by atomic mass is 10.2. The molecule has 0 aliphatic carbocycles. The van der Waals surface area contributed by atoms with Crippen LogP contribution in [-0.2, 0) is 11.3 Å². The summed E-state index contributed by atoms with van der Waals surface area (Å²) in [6.45, 7) is 1.09. The molecule has 2 aromatic rings. The SMILES string of the molecule is O=C(CCNc1ccc(Cl)cc1)NCc1cccnc1. The molecule has 0 aliphatic heterocycles. The molecule has 0 fully saturated rings. The Bertz CT molecular complexity index is 543. The van der Waals surface area contributed by atoms with E-state index in [1.165, 1.54) is 0 Å². The highest BCUT2D eigenvalue weighted by Crippen LogP contribution is 2.13. The molecule has 1 heterocycles. The van der Waals surface area contributed by atoms with Gasteiger partial charge in [-0.15, -0.1) is 0 Å². The van der Waals surface area contributed by atoms with Crippen LogP contribution in [0.2, 0.25) is 5.02 Å². The maximum absolute atomic E-state index is 11.7. The molecule has 0 bridgehead atoms. The van der Waals surface area contributed by atoms with E-state index in [1.54, 1.807) is 12.4 Å². The first-order valence-electron chi connectivity index (χ1n) is 6.39. The molecule has 0 saturated heterocycles. The molecule has 0 aliphatic rings. The summed E-state index contributed by atoms with van der Waals surface area (Å²) in [7, 11) is 0. The van der Waals surface area contributed by atoms with E-state index in [1.807, 2.05) is 36.4 Å². The van der Waals surface area contributed by atoms with Gasteiger partial charge in [-0.25, -0.2) is 0 Å². The van der Waals surface area contributed by atoms with Crippen LogP contribution >= 0.6 is 11.6 Å². The molecule has 2 N–H and O–H groups in total. The van der Waals surface area contributed by atoms with Gasteiger partial charge in [-0.2, -0.15) is 0 Å². The lowest BCUT2D eigenvalue weighted by Gasteiger charge is -2.07. The second-order valence-corrected chi connectivity index (χ2v) is 4.76. The number of aromatic nitrogens is 1. The fourth-order valence-corrected chi connectivity index (χ4v) is 1.81. The zero-order chi connectivity index (χ0) is 14.2. The van der Waals surface area contributed by atoms with Crippen molar-refractivity contribution in [2.45, 2.75) is 13.0 Å². The van der Waals surface area contributed by atoms with E-state index < -0.39 is 0 Å². The van der Waals surface area contributed by atoms with Gasteiger partial charge in [0.15, 0.2) is 0 Å². The van der Waals surface area contributed by atoms with Gasteiger partial charge in [-0.05, 0) is 35.9 Å². The minimum absolute atomic E-state index is 0.00955. The summed E-state index contributed by atoms with van der Waals surface area (Å²) in [4.78, 5) is 15.7. The van der Waals surface area contributed by atoms with E-state index in [0.717, 1.165) is 11.3 Å². The van der Waals surface area contributed by atoms with E-state index >= 15 is 0 Å². The second-order valence-electron chi connectivity index (χ2n) is 4.32. The molecule has 1 aromatic heterocycles. The number of anilines is 1. The number of halogens is 1. The van der Waals surface area contributed by atoms with Crippen LogP contribution in [-0.4, -0.2) is 17.4 Å². The molecule has 0 radical (unpaired) electrons. The van der Waals surface area contributed by atoms with Gasteiger partial charge in [0.25, 0.3) is 0 Å². The van der Waals surface area contributed by atoms with Gasteiger partial charge in [0, 0.05) is 42.6 Å². The molecule has 0 saturated carbocycles. The summed E-state index contributed by atoms with van der Waals surface area (Å²) in [5.41, 5.74) is 1.95. The standard InChI is InChI=1S/C15H16ClN3O/c16-13-3-5-14(6-4-13)18-9-7-15(20)19-11-12-2-1-8-17-10-12/h1-6,8,10,18H,7,9,11H2,(H,19,20). The van der Waals surface area contributed by atoms with E-state index in [2.05, 4.69) is 15.6 Å². The van der Waals surface area contributed by atoms with Crippen LogP contribution < -0.4 is 10.6 Å². The zero-order valence-electron chi connectivity index (χ0n) is 11.0. The summed E-state index contributed by atoms with van der Waals surface area (Å²) < 4.78 is 0. The lowest BCUT2D eigenvalue weighted by Crippen LogP contribution is -2.24. The van der Waals surface area contributed by atoms with Gasteiger partial charge in [0.05, 0.1) is 0 Å². The molecular weight excluding hydrogens is 274 g/mol. The van der Waals surface area contributed by atoms with Gasteiger partial charge in [-0.3, -0.25) is 9.78 Å². The van der Waals surface area contributed by atoms with Crippen molar-refractivity contribution in [1.82, 2.24) is 10.3 Å². The van der Waals surface area contributed by atoms with Crippen LogP contribution in [0.15, 0.2) is 48.8 Å². The van der Waals surface area contributed by atoms with Gasteiger partial charge < -0.3 is 10.6 Å². The smallest absolute Gasteiger partial charge is 0.222 e. The first kappa shape index (κ1) is 14.3. The Kier molecular flexibility index (Phi) is 5.38. The van der Waals surface area contributed by atoms with Gasteiger partial charge >= 0.3 is 0 Å². The highest BCUT2D eigenvalue weighted by Gasteiger charge is 2.01. The summed E-state index contributed by atoms with van der Waals surface area (Å²) in [6, 6.07) is 11.2. The Labute approximate surface area is 123 Å². The molecule has 5 heteroatoms. The average molecular weight is 290 g/mol. The van der Waals surface area contributed by atoms with Crippen molar-refractivity contribution in [2.75, 3.05) is 11.9 Å². The zero-order valence-corrected chi connectivity index (χ0v) is 11.7. The highest BCUT2D eigenvalue weighted by molar-refractivity contribution is 6.30. The summed E-state index contributed by atoms with van der Waals surface area (Å²) in [5.74, 6) is 0.00955. The molecule has 0 atom stereocenters. The quantitative estimate of drug-likeness (QED) is 0.860. The Balaban J connectivity index is 1.66. The molecule has 20 heavy (non-hydrogen) atoms. The molecular formula is C15H16ClN3O. The minimum Gasteiger partial charge on any atom is -0.385 e. The van der Waals surface area contributed by atoms with Crippen molar-refractivity contribution in [3.8, 4) is 0 Å². The number of pyridine rings is 1. The number of carbonyl (C=O) groups excluding carboxylic acids is 1. The van der Waals surface area contributed by atoms with Crippen molar-refractivity contribution >= 4 is 23.2 Å². The predicted molar refractivity (Wildman–Crippen MR) is 80.6 cm³/mol. The van der Waals surface area contributed by atoms with E-state index in [9.17, 15) is 4.79 Å². The second kappa shape index (κ2) is 7.50. The number of rotatable bonds is 6. The van der Waals surface area contributed by atoms with E-state index in [0.29, 0.717) is 24.5 Å². The van der Waals surface area contributed by atoms with E-state index in [4.69, 9.17) is 11.6 Å². The minimum atomic E-state index is 0.00955. The van der Waals surface area contributed by atoms with Crippen molar-refractivity contribution in [3.63, 3.8) is 0 Å². The third kappa shape index (κ3) is 4.90. The number of nitrogens with one attached hydrogen (secondary N) is 2. The predicted octanol–water partition coefficient (Wildman–Crippen LogP) is 2.85. The molecule has 1 amide bonds. The van der Waals surface area contributed by atoms with Gasteiger partial charge in [0.2, 0.25) is 5.91 Å². The molecule has 2 rings (SSSR count). The molecule has 104 valence electrons. The monoisotopic (exact) mass is 289 g/mol. The first-order valence-corrected chi connectivity index (χ1v) is 6.77. The molecule has 0 spiro atoms. The Morgan fingerprint density at radius 3 is 2.70 bits per heavy atom.